The summed E-state index contributed by atoms with van der Waals surface area (Å²) in [6.45, 7) is 0.719. The minimum atomic E-state index is -0.674. The monoisotopic (exact) mass is 399 g/mol. The van der Waals surface area contributed by atoms with Crippen molar-refractivity contribution in [2.75, 3.05) is 20.2 Å². The highest BCUT2D eigenvalue weighted by Crippen LogP contribution is 2.20. The molecule has 0 saturated carbocycles. The average Bonchev–Trinajstić information content (AvgIpc) is 3.04. The smallest absolute Gasteiger partial charge is 0.417 e. The Hall–Kier alpha value is -2.85. The van der Waals surface area contributed by atoms with Crippen LogP contribution in [0, 0.1) is 11.3 Å². The Morgan fingerprint density at radius 1 is 1.31 bits per heavy atom. The first-order valence-electron chi connectivity index (χ1n) is 10.00. The van der Waals surface area contributed by atoms with Gasteiger partial charge in [-0.25, -0.2) is 14.5 Å². The Morgan fingerprint density at radius 3 is 2.72 bits per heavy atom. The SMILES string of the molecule is COC(=O)N1C[C@H](C=CC(O)Cc2ccccc2)N(CCCCCCC#N)C1=O. The third-order valence-electron chi connectivity index (χ3n) is 4.92. The van der Waals surface area contributed by atoms with E-state index in [4.69, 9.17) is 10.00 Å². The first-order valence-corrected chi connectivity index (χ1v) is 10.00. The van der Waals surface area contributed by atoms with Crippen molar-refractivity contribution in [1.82, 2.24) is 9.80 Å². The van der Waals surface area contributed by atoms with E-state index in [2.05, 4.69) is 6.07 Å². The summed E-state index contributed by atoms with van der Waals surface area (Å²) in [4.78, 5) is 27.3. The summed E-state index contributed by atoms with van der Waals surface area (Å²) in [5.41, 5.74) is 1.03. The van der Waals surface area contributed by atoms with Gasteiger partial charge >= 0.3 is 12.1 Å². The number of methoxy groups -OCH3 is 1. The molecule has 1 aromatic rings. The van der Waals surface area contributed by atoms with Gasteiger partial charge in [-0.15, -0.1) is 0 Å². The molecule has 2 atom stereocenters. The number of rotatable bonds is 10. The molecule has 0 aliphatic carbocycles. The normalized spacial score (nSPS) is 17.6. The molecule has 156 valence electrons. The summed E-state index contributed by atoms with van der Waals surface area (Å²) < 4.78 is 4.71. The van der Waals surface area contributed by atoms with Crippen LogP contribution in [0.2, 0.25) is 0 Å². The molecular weight excluding hydrogens is 370 g/mol. The Balaban J connectivity index is 1.96. The van der Waals surface area contributed by atoms with E-state index in [1.807, 2.05) is 30.3 Å². The number of unbranched alkanes of at least 4 members (excludes halogenated alkanes) is 4. The number of nitriles is 1. The topological polar surface area (TPSA) is 93.9 Å². The first-order chi connectivity index (χ1) is 14.1. The molecule has 1 heterocycles. The second-order valence-electron chi connectivity index (χ2n) is 7.09. The summed E-state index contributed by atoms with van der Waals surface area (Å²) in [7, 11) is 1.25. The van der Waals surface area contributed by atoms with Gasteiger partial charge in [-0.05, 0) is 18.4 Å². The summed E-state index contributed by atoms with van der Waals surface area (Å²) in [5.74, 6) is 0. The fourth-order valence-electron chi connectivity index (χ4n) is 3.37. The van der Waals surface area contributed by atoms with Gasteiger partial charge in [-0.1, -0.05) is 55.3 Å². The van der Waals surface area contributed by atoms with Crippen molar-refractivity contribution < 1.29 is 19.4 Å². The maximum absolute atomic E-state index is 12.6. The summed E-state index contributed by atoms with van der Waals surface area (Å²) in [6, 6.07) is 11.1. The van der Waals surface area contributed by atoms with Crippen molar-refractivity contribution in [3.63, 3.8) is 0 Å². The van der Waals surface area contributed by atoms with Gasteiger partial charge in [-0.3, -0.25) is 0 Å². The molecule has 1 aliphatic rings. The van der Waals surface area contributed by atoms with E-state index < -0.39 is 12.2 Å². The predicted octanol–water partition coefficient (Wildman–Crippen LogP) is 3.49. The van der Waals surface area contributed by atoms with Crippen molar-refractivity contribution in [2.24, 2.45) is 0 Å². The van der Waals surface area contributed by atoms with Crippen LogP contribution in [-0.4, -0.2) is 59.4 Å². The van der Waals surface area contributed by atoms with Crippen LogP contribution < -0.4 is 0 Å². The van der Waals surface area contributed by atoms with Crippen LogP contribution in [0.1, 0.15) is 37.7 Å². The number of carbonyl (C=O) groups is 2. The molecule has 1 fully saturated rings. The molecule has 1 saturated heterocycles. The number of ether oxygens (including phenoxy) is 1. The zero-order chi connectivity index (χ0) is 21.1. The highest BCUT2D eigenvalue weighted by Gasteiger charge is 2.39. The quantitative estimate of drug-likeness (QED) is 0.480. The lowest BCUT2D eigenvalue weighted by molar-refractivity contribution is 0.134. The zero-order valence-corrected chi connectivity index (χ0v) is 16.9. The van der Waals surface area contributed by atoms with Crippen molar-refractivity contribution >= 4 is 12.1 Å². The van der Waals surface area contributed by atoms with Gasteiger partial charge < -0.3 is 14.7 Å². The highest BCUT2D eigenvalue weighted by atomic mass is 16.5. The molecule has 7 nitrogen and oxygen atoms in total. The fourth-order valence-corrected chi connectivity index (χ4v) is 3.37. The van der Waals surface area contributed by atoms with Crippen LogP contribution in [0.25, 0.3) is 0 Å². The lowest BCUT2D eigenvalue weighted by atomic mass is 10.1. The van der Waals surface area contributed by atoms with E-state index in [0.29, 0.717) is 19.4 Å². The molecule has 1 aliphatic heterocycles. The number of nitrogens with zero attached hydrogens (tertiary/aromatic N) is 3. The summed E-state index contributed by atoms with van der Waals surface area (Å²) >= 11 is 0. The minimum absolute atomic E-state index is 0.203. The van der Waals surface area contributed by atoms with Crippen molar-refractivity contribution in [3.8, 4) is 6.07 Å². The Kier molecular flexibility index (Phi) is 9.19. The number of amides is 3. The van der Waals surface area contributed by atoms with Crippen LogP contribution in [-0.2, 0) is 11.2 Å². The highest BCUT2D eigenvalue weighted by molar-refractivity contribution is 5.93. The maximum Gasteiger partial charge on any atom is 0.417 e. The second kappa shape index (κ2) is 11.9. The van der Waals surface area contributed by atoms with Gasteiger partial charge in [0.25, 0.3) is 0 Å². The van der Waals surface area contributed by atoms with Crippen LogP contribution in [0.5, 0.6) is 0 Å². The van der Waals surface area contributed by atoms with Gasteiger partial charge in [0.2, 0.25) is 0 Å². The molecule has 1 N–H and O–H groups in total. The van der Waals surface area contributed by atoms with Gasteiger partial charge in [-0.2, -0.15) is 5.26 Å². The van der Waals surface area contributed by atoms with Crippen molar-refractivity contribution in [2.45, 2.75) is 50.7 Å². The lowest BCUT2D eigenvalue weighted by Gasteiger charge is -2.21. The number of aliphatic hydroxyl groups excluding tert-OH is 1. The summed E-state index contributed by atoms with van der Waals surface area (Å²) in [5, 5.41) is 18.9. The molecule has 0 bridgehead atoms. The lowest BCUT2D eigenvalue weighted by Crippen LogP contribution is -2.37. The molecule has 2 rings (SSSR count). The largest absolute Gasteiger partial charge is 0.452 e. The van der Waals surface area contributed by atoms with E-state index in [0.717, 1.165) is 36.1 Å². The molecular formula is C22H29N3O4. The van der Waals surface area contributed by atoms with E-state index in [1.54, 1.807) is 17.1 Å². The molecule has 7 heteroatoms. The standard InChI is InChI=1S/C22H29N3O4/c1-29-22(28)25-17-19(12-13-20(26)16-18-10-6-5-7-11-18)24(21(25)27)15-9-4-2-3-8-14-23/h5-7,10-13,19-20,26H,2-4,8-9,15-17H2,1H3/t19-,20?/m0/s1. The third-order valence-corrected chi connectivity index (χ3v) is 4.92. The number of imide groups is 1. The van der Waals surface area contributed by atoms with E-state index in [9.17, 15) is 14.7 Å². The van der Waals surface area contributed by atoms with Gasteiger partial charge in [0, 0.05) is 19.4 Å². The number of urea groups is 1. The molecule has 3 amide bonds. The Labute approximate surface area is 172 Å². The zero-order valence-electron chi connectivity index (χ0n) is 16.9. The van der Waals surface area contributed by atoms with E-state index in [1.165, 1.54) is 7.11 Å². The average molecular weight is 399 g/mol. The molecule has 0 radical (unpaired) electrons. The van der Waals surface area contributed by atoms with Crippen molar-refractivity contribution in [3.05, 3.63) is 48.0 Å². The fraction of sp³-hybridized carbons (Fsp3) is 0.500. The van der Waals surface area contributed by atoms with Crippen LogP contribution in [0.15, 0.2) is 42.5 Å². The number of hydrogen-bond donors (Lipinski definition) is 1. The van der Waals surface area contributed by atoms with Crippen LogP contribution in [0.4, 0.5) is 9.59 Å². The molecule has 0 spiro atoms. The summed E-state index contributed by atoms with van der Waals surface area (Å²) in [6.07, 6.45) is 6.67. The first kappa shape index (κ1) is 22.4. The molecule has 0 aromatic heterocycles. The second-order valence-corrected chi connectivity index (χ2v) is 7.09. The molecule has 1 unspecified atom stereocenters. The van der Waals surface area contributed by atoms with E-state index >= 15 is 0 Å². The van der Waals surface area contributed by atoms with Gasteiger partial charge in [0.1, 0.15) is 0 Å². The molecule has 1 aromatic carbocycles. The number of aliphatic hydroxyl groups is 1. The number of carbonyl (C=O) groups excluding carboxylic acids is 2. The number of benzene rings is 1. The Morgan fingerprint density at radius 2 is 2.03 bits per heavy atom. The third kappa shape index (κ3) is 6.91. The van der Waals surface area contributed by atoms with Crippen LogP contribution in [0.3, 0.4) is 0 Å². The predicted molar refractivity (Wildman–Crippen MR) is 109 cm³/mol. The Bertz CT molecular complexity index is 729. The maximum atomic E-state index is 12.6. The van der Waals surface area contributed by atoms with Crippen LogP contribution >= 0.6 is 0 Å². The number of hydrogen-bond acceptors (Lipinski definition) is 5. The van der Waals surface area contributed by atoms with E-state index in [-0.39, 0.29) is 18.6 Å². The minimum Gasteiger partial charge on any atom is -0.452 e. The van der Waals surface area contributed by atoms with Gasteiger partial charge in [0.15, 0.2) is 0 Å². The van der Waals surface area contributed by atoms with Gasteiger partial charge in [0.05, 0.1) is 31.9 Å². The van der Waals surface area contributed by atoms with Crippen molar-refractivity contribution in [1.29, 1.82) is 5.26 Å². The molecule has 29 heavy (non-hydrogen) atoms.